The second kappa shape index (κ2) is 3.37. The molecule has 0 fully saturated rings. The molecule has 0 amide bonds. The first-order valence-corrected chi connectivity index (χ1v) is 5.55. The van der Waals surface area contributed by atoms with Crippen molar-refractivity contribution in [2.45, 2.75) is 25.3 Å². The molecule has 0 radical (unpaired) electrons. The van der Waals surface area contributed by atoms with Gasteiger partial charge in [-0.05, 0) is 30.7 Å². The van der Waals surface area contributed by atoms with Crippen LogP contribution in [0.15, 0.2) is 24.3 Å². The van der Waals surface area contributed by atoms with Gasteiger partial charge in [0.1, 0.15) is 12.0 Å². The Balaban J connectivity index is 2.16. The van der Waals surface area contributed by atoms with E-state index in [2.05, 4.69) is 10.6 Å². The molecule has 1 atom stereocenters. The number of aryl methyl sites for hydroxylation is 1. The Morgan fingerprint density at radius 3 is 3.12 bits per heavy atom. The number of carbonyl (C=O) groups excluding carboxylic acids is 1. The fourth-order valence-corrected chi connectivity index (χ4v) is 2.66. The van der Waals surface area contributed by atoms with E-state index < -0.39 is 0 Å². The van der Waals surface area contributed by atoms with Crippen molar-refractivity contribution < 1.29 is 9.90 Å². The van der Waals surface area contributed by atoms with Crippen molar-refractivity contribution in [1.82, 2.24) is 4.57 Å². The van der Waals surface area contributed by atoms with Gasteiger partial charge in [-0.2, -0.15) is 0 Å². The van der Waals surface area contributed by atoms with Gasteiger partial charge in [-0.15, -0.1) is 0 Å². The smallest absolute Gasteiger partial charge is 0.120 e. The number of nitrogens with zero attached hydrogens (tertiary/aromatic N) is 1. The first-order valence-electron chi connectivity index (χ1n) is 5.55. The van der Waals surface area contributed by atoms with Crippen LogP contribution in [0.5, 0.6) is 5.75 Å². The van der Waals surface area contributed by atoms with Crippen LogP contribution < -0.4 is 0 Å². The number of rotatable bonds is 2. The molecule has 1 aliphatic heterocycles. The normalized spacial score (nSPS) is 18.9. The van der Waals surface area contributed by atoms with Crippen LogP contribution in [-0.4, -0.2) is 16.0 Å². The van der Waals surface area contributed by atoms with Crippen LogP contribution in [0.3, 0.4) is 0 Å². The van der Waals surface area contributed by atoms with E-state index in [0.717, 1.165) is 30.2 Å². The SMILES string of the molecule is O=CC[C@H]1CCn2c1cc1cc(O)ccc12. The molecule has 3 nitrogen and oxygen atoms in total. The standard InChI is InChI=1S/C13H13NO2/c15-6-4-9-3-5-14-12-2-1-11(16)7-10(12)8-13(9)14/h1-2,6-9,16H,3-5H2/t9-/m1/s1. The first-order chi connectivity index (χ1) is 7.79. The summed E-state index contributed by atoms with van der Waals surface area (Å²) in [6.45, 7) is 0.974. The summed E-state index contributed by atoms with van der Waals surface area (Å²) in [6, 6.07) is 7.52. The molecule has 1 aromatic carbocycles. The average molecular weight is 215 g/mol. The molecule has 1 aliphatic rings. The van der Waals surface area contributed by atoms with Crippen molar-refractivity contribution in [3.63, 3.8) is 0 Å². The van der Waals surface area contributed by atoms with E-state index in [-0.39, 0.29) is 0 Å². The van der Waals surface area contributed by atoms with Crippen molar-refractivity contribution in [2.75, 3.05) is 0 Å². The van der Waals surface area contributed by atoms with Gasteiger partial charge in [0.2, 0.25) is 0 Å². The number of hydrogen-bond acceptors (Lipinski definition) is 2. The van der Waals surface area contributed by atoms with Crippen LogP contribution in [0.2, 0.25) is 0 Å². The molecule has 0 spiro atoms. The third-order valence-electron chi connectivity index (χ3n) is 3.42. The van der Waals surface area contributed by atoms with E-state index >= 15 is 0 Å². The predicted molar refractivity (Wildman–Crippen MR) is 61.6 cm³/mol. The van der Waals surface area contributed by atoms with Crippen LogP contribution in [0, 0.1) is 0 Å². The van der Waals surface area contributed by atoms with Crippen molar-refractivity contribution in [2.24, 2.45) is 0 Å². The van der Waals surface area contributed by atoms with E-state index in [9.17, 15) is 9.90 Å². The minimum absolute atomic E-state index is 0.295. The van der Waals surface area contributed by atoms with Crippen molar-refractivity contribution in [1.29, 1.82) is 0 Å². The van der Waals surface area contributed by atoms with Gasteiger partial charge < -0.3 is 14.5 Å². The van der Waals surface area contributed by atoms with Crippen molar-refractivity contribution in [3.05, 3.63) is 30.0 Å². The lowest BCUT2D eigenvalue weighted by Crippen LogP contribution is -1.93. The number of aromatic hydroxyl groups is 1. The largest absolute Gasteiger partial charge is 0.508 e. The molecule has 16 heavy (non-hydrogen) atoms. The lowest BCUT2D eigenvalue weighted by Gasteiger charge is -2.02. The number of aromatic nitrogens is 1. The molecular formula is C13H13NO2. The Kier molecular flexibility index (Phi) is 1.99. The number of fused-ring (bicyclic) bond motifs is 3. The number of aldehydes is 1. The molecule has 3 heteroatoms. The highest BCUT2D eigenvalue weighted by Crippen LogP contribution is 2.36. The lowest BCUT2D eigenvalue weighted by atomic mass is 10.0. The summed E-state index contributed by atoms with van der Waals surface area (Å²) >= 11 is 0. The van der Waals surface area contributed by atoms with Gasteiger partial charge >= 0.3 is 0 Å². The van der Waals surface area contributed by atoms with Crippen LogP contribution in [0.4, 0.5) is 0 Å². The highest BCUT2D eigenvalue weighted by molar-refractivity contribution is 5.83. The Bertz CT molecular complexity index is 556. The second-order valence-electron chi connectivity index (χ2n) is 4.35. The van der Waals surface area contributed by atoms with Crippen LogP contribution in [0.25, 0.3) is 10.9 Å². The molecule has 2 aromatic rings. The Morgan fingerprint density at radius 2 is 2.31 bits per heavy atom. The molecule has 3 rings (SSSR count). The molecule has 0 bridgehead atoms. The predicted octanol–water partition coefficient (Wildman–Crippen LogP) is 2.42. The quantitative estimate of drug-likeness (QED) is 0.782. The minimum Gasteiger partial charge on any atom is -0.508 e. The zero-order valence-electron chi connectivity index (χ0n) is 8.89. The highest BCUT2D eigenvalue weighted by atomic mass is 16.3. The van der Waals surface area contributed by atoms with Gasteiger partial charge in [-0.25, -0.2) is 0 Å². The molecular weight excluding hydrogens is 202 g/mol. The van der Waals surface area contributed by atoms with Gasteiger partial charge in [0.05, 0.1) is 0 Å². The lowest BCUT2D eigenvalue weighted by molar-refractivity contribution is -0.108. The van der Waals surface area contributed by atoms with Gasteiger partial charge in [0.15, 0.2) is 0 Å². The summed E-state index contributed by atoms with van der Waals surface area (Å²) in [5.74, 6) is 0.649. The third kappa shape index (κ3) is 1.24. The molecule has 82 valence electrons. The van der Waals surface area contributed by atoms with Crippen molar-refractivity contribution >= 4 is 17.2 Å². The van der Waals surface area contributed by atoms with Crippen LogP contribution in [-0.2, 0) is 11.3 Å². The number of hydrogen-bond donors (Lipinski definition) is 1. The Morgan fingerprint density at radius 1 is 1.44 bits per heavy atom. The maximum absolute atomic E-state index is 10.6. The second-order valence-corrected chi connectivity index (χ2v) is 4.35. The van der Waals surface area contributed by atoms with Gasteiger partial charge in [-0.1, -0.05) is 0 Å². The fraction of sp³-hybridized carbons (Fsp3) is 0.308. The van der Waals surface area contributed by atoms with E-state index in [1.54, 1.807) is 12.1 Å². The monoisotopic (exact) mass is 215 g/mol. The minimum atomic E-state index is 0.295. The van der Waals surface area contributed by atoms with Gasteiger partial charge in [0.25, 0.3) is 0 Å². The van der Waals surface area contributed by atoms with Crippen LogP contribution in [0.1, 0.15) is 24.5 Å². The fourth-order valence-electron chi connectivity index (χ4n) is 2.66. The number of phenols is 1. The number of phenolic OH excluding ortho intramolecular Hbond substituents is 1. The maximum Gasteiger partial charge on any atom is 0.120 e. The van der Waals surface area contributed by atoms with Crippen molar-refractivity contribution in [3.8, 4) is 5.75 Å². The van der Waals surface area contributed by atoms with E-state index in [1.165, 1.54) is 5.69 Å². The van der Waals surface area contributed by atoms with Gasteiger partial charge in [-0.3, -0.25) is 0 Å². The van der Waals surface area contributed by atoms with E-state index in [1.807, 2.05) is 6.07 Å². The molecule has 0 saturated heterocycles. The zero-order chi connectivity index (χ0) is 11.1. The third-order valence-corrected chi connectivity index (χ3v) is 3.42. The van der Waals surface area contributed by atoms with E-state index in [0.29, 0.717) is 18.1 Å². The number of benzene rings is 1. The summed E-state index contributed by atoms with van der Waals surface area (Å²) in [6.07, 6.45) is 2.64. The highest BCUT2D eigenvalue weighted by Gasteiger charge is 2.24. The Labute approximate surface area is 93.3 Å². The average Bonchev–Trinajstić information content (AvgIpc) is 2.78. The molecule has 1 N–H and O–H groups in total. The summed E-state index contributed by atoms with van der Waals surface area (Å²) in [5, 5.41) is 10.5. The molecule has 0 saturated carbocycles. The first kappa shape index (κ1) is 9.46. The molecule has 1 aromatic heterocycles. The summed E-state index contributed by atoms with van der Waals surface area (Å²) in [5.41, 5.74) is 2.38. The zero-order valence-corrected chi connectivity index (χ0v) is 8.89. The topological polar surface area (TPSA) is 42.2 Å². The van der Waals surface area contributed by atoms with Gasteiger partial charge in [0, 0.05) is 35.5 Å². The van der Waals surface area contributed by atoms with E-state index in [4.69, 9.17) is 0 Å². The summed E-state index contributed by atoms with van der Waals surface area (Å²) in [4.78, 5) is 10.6. The van der Waals surface area contributed by atoms with Crippen LogP contribution >= 0.6 is 0 Å². The maximum atomic E-state index is 10.6. The summed E-state index contributed by atoms with van der Waals surface area (Å²) in [7, 11) is 0. The molecule has 2 heterocycles. The molecule has 0 unspecified atom stereocenters. The molecule has 0 aliphatic carbocycles. The Hall–Kier alpha value is -1.77. The number of carbonyl (C=O) groups is 1. The summed E-state index contributed by atoms with van der Waals surface area (Å²) < 4.78 is 2.25.